The third kappa shape index (κ3) is 11.5. The molecular formula is C41H54ClN7O8. The molecular weight excluding hydrogens is 754 g/mol. The molecule has 2 aromatic rings. The van der Waals surface area contributed by atoms with Crippen LogP contribution >= 0.6 is 11.6 Å². The monoisotopic (exact) mass is 807 g/mol. The zero-order valence-corrected chi connectivity index (χ0v) is 33.5. The van der Waals surface area contributed by atoms with E-state index in [2.05, 4.69) is 31.9 Å². The van der Waals surface area contributed by atoms with Crippen molar-refractivity contribution in [3.63, 3.8) is 0 Å². The predicted molar refractivity (Wildman–Crippen MR) is 211 cm³/mol. The number of halogens is 1. The number of benzene rings is 2. The van der Waals surface area contributed by atoms with Crippen molar-refractivity contribution < 1.29 is 38.7 Å². The summed E-state index contributed by atoms with van der Waals surface area (Å²) < 4.78 is 0. The molecule has 0 radical (unpaired) electrons. The average Bonchev–Trinajstić information content (AvgIpc) is 3.80. The maximum absolute atomic E-state index is 14.7. The van der Waals surface area contributed by atoms with Crippen molar-refractivity contribution in [2.75, 3.05) is 6.54 Å². The summed E-state index contributed by atoms with van der Waals surface area (Å²) in [6.45, 7) is 6.50. The van der Waals surface area contributed by atoms with Crippen LogP contribution in [0.2, 0.25) is 5.02 Å². The van der Waals surface area contributed by atoms with Gasteiger partial charge in [0.2, 0.25) is 41.4 Å². The Morgan fingerprint density at radius 2 is 1.49 bits per heavy atom. The molecule has 2 heterocycles. The van der Waals surface area contributed by atoms with Gasteiger partial charge in [-0.25, -0.2) is 0 Å². The minimum absolute atomic E-state index is 0.0126. The number of aliphatic hydroxyl groups is 1. The number of rotatable bonds is 8. The summed E-state index contributed by atoms with van der Waals surface area (Å²) in [7, 11) is 0. The minimum Gasteiger partial charge on any atom is -0.391 e. The molecule has 7 amide bonds. The molecule has 2 aliphatic heterocycles. The van der Waals surface area contributed by atoms with Crippen LogP contribution in [-0.4, -0.2) is 106 Å². The molecule has 0 spiro atoms. The van der Waals surface area contributed by atoms with Gasteiger partial charge < -0.3 is 41.9 Å². The third-order valence-electron chi connectivity index (χ3n) is 10.8. The average molecular weight is 808 g/mol. The summed E-state index contributed by atoms with van der Waals surface area (Å²) in [6.07, 6.45) is 0.432. The molecule has 3 aliphatic rings. The first-order valence-electron chi connectivity index (χ1n) is 19.7. The van der Waals surface area contributed by atoms with Gasteiger partial charge >= 0.3 is 0 Å². The van der Waals surface area contributed by atoms with Crippen LogP contribution in [-0.2, 0) is 46.4 Å². The van der Waals surface area contributed by atoms with E-state index in [1.807, 2.05) is 13.8 Å². The van der Waals surface area contributed by atoms with Crippen LogP contribution in [0.5, 0.6) is 0 Å². The number of carbonyl (C=O) groups is 7. The lowest BCUT2D eigenvalue weighted by Gasteiger charge is -2.31. The van der Waals surface area contributed by atoms with Crippen molar-refractivity contribution in [3.8, 4) is 0 Å². The van der Waals surface area contributed by atoms with Crippen molar-refractivity contribution in [2.45, 2.75) is 121 Å². The van der Waals surface area contributed by atoms with Crippen LogP contribution in [0.3, 0.4) is 0 Å². The lowest BCUT2D eigenvalue weighted by Crippen LogP contribution is -2.61. The molecule has 0 aromatic heterocycles. The molecule has 5 rings (SSSR count). The highest BCUT2D eigenvalue weighted by Crippen LogP contribution is 2.27. The molecule has 1 aliphatic carbocycles. The molecule has 2 aromatic carbocycles. The number of fused-ring (bicyclic) bond motifs is 2. The van der Waals surface area contributed by atoms with Gasteiger partial charge in [-0.2, -0.15) is 0 Å². The number of hydrogen-bond donors (Lipinski definition) is 7. The van der Waals surface area contributed by atoms with Crippen molar-refractivity contribution in [2.24, 2.45) is 11.8 Å². The minimum atomic E-state index is -1.52. The van der Waals surface area contributed by atoms with Crippen LogP contribution in [0.15, 0.2) is 54.6 Å². The van der Waals surface area contributed by atoms with Crippen LogP contribution in [0.1, 0.15) is 70.9 Å². The molecule has 2 saturated heterocycles. The summed E-state index contributed by atoms with van der Waals surface area (Å²) in [5.74, 6) is -4.85. The number of amides is 7. The van der Waals surface area contributed by atoms with E-state index in [0.717, 1.165) is 0 Å². The Labute approximate surface area is 337 Å². The van der Waals surface area contributed by atoms with E-state index in [9.17, 15) is 38.7 Å². The summed E-state index contributed by atoms with van der Waals surface area (Å²) in [5, 5.41) is 28.0. The Bertz CT molecular complexity index is 1790. The highest BCUT2D eigenvalue weighted by atomic mass is 35.5. The molecule has 15 nitrogen and oxygen atoms in total. The molecule has 9 atom stereocenters. The Kier molecular flexibility index (Phi) is 14.7. The smallest absolute Gasteiger partial charge is 0.246 e. The number of nitrogens with zero attached hydrogens (tertiary/aromatic N) is 1. The quantitative estimate of drug-likeness (QED) is 0.203. The van der Waals surface area contributed by atoms with Gasteiger partial charge in [0.1, 0.15) is 30.2 Å². The maximum atomic E-state index is 14.7. The Morgan fingerprint density at radius 1 is 0.807 bits per heavy atom. The molecule has 308 valence electrons. The molecule has 1 saturated carbocycles. The highest BCUT2D eigenvalue weighted by molar-refractivity contribution is 6.30. The maximum Gasteiger partial charge on any atom is 0.246 e. The van der Waals surface area contributed by atoms with Gasteiger partial charge in [0.05, 0.1) is 18.4 Å². The highest BCUT2D eigenvalue weighted by Gasteiger charge is 2.44. The standard InChI is InChI=1S/C41H54ClN7O8/c1-22(2)17-31-38(54)48-35(24(4)50)40(56)47-32(18-25-9-6-5-7-10-25)41(57)49-21-28(44-34(51)19-26-13-15-27(42)16-14-26)20-33(49)39(55)43-23(3)36(52)45-30-12-8-11-29(30)37(53)46-31/h5-7,9-10,13-16,22-24,28-33,35,50H,8,11-12,17-21H2,1-4H3,(H,43,55)(H,44,51)(H,45,52)(H,46,53)(H,47,56)(H,48,54)/t23-,24+,28+,29+,30+,31-,32-,33?,35-/m0/s1. The van der Waals surface area contributed by atoms with Crippen molar-refractivity contribution in [1.29, 1.82) is 0 Å². The molecule has 7 N–H and O–H groups in total. The molecule has 57 heavy (non-hydrogen) atoms. The van der Waals surface area contributed by atoms with Gasteiger partial charge in [0, 0.05) is 30.1 Å². The second kappa shape index (κ2) is 19.4. The fourth-order valence-electron chi connectivity index (χ4n) is 7.78. The summed E-state index contributed by atoms with van der Waals surface area (Å²) >= 11 is 6.01. The van der Waals surface area contributed by atoms with E-state index in [4.69, 9.17) is 11.6 Å². The van der Waals surface area contributed by atoms with Gasteiger partial charge in [0.15, 0.2) is 0 Å². The largest absolute Gasteiger partial charge is 0.391 e. The van der Waals surface area contributed by atoms with Gasteiger partial charge in [-0.15, -0.1) is 0 Å². The second-order valence-electron chi connectivity index (χ2n) is 15.9. The molecule has 1 unspecified atom stereocenters. The van der Waals surface area contributed by atoms with E-state index in [1.165, 1.54) is 18.7 Å². The van der Waals surface area contributed by atoms with Crippen LogP contribution in [0, 0.1) is 11.8 Å². The van der Waals surface area contributed by atoms with Crippen molar-refractivity contribution in [1.82, 2.24) is 36.8 Å². The SMILES string of the molecule is CC(C)C[C@@H]1NC(=O)[C@@H]2CCC[C@H]2NC(=O)[C@H](C)NC(=O)C2C[C@@H](NC(=O)Cc3ccc(Cl)cc3)CN2C(=O)[C@H](Cc2ccccc2)NC(=O)[C@H]([C@@H](C)O)NC1=O. The van der Waals surface area contributed by atoms with E-state index >= 15 is 0 Å². The van der Waals surface area contributed by atoms with E-state index in [-0.39, 0.29) is 44.1 Å². The second-order valence-corrected chi connectivity index (χ2v) is 16.3. The fourth-order valence-corrected chi connectivity index (χ4v) is 7.91. The third-order valence-corrected chi connectivity index (χ3v) is 11.0. The first-order valence-corrected chi connectivity index (χ1v) is 20.1. The van der Waals surface area contributed by atoms with Gasteiger partial charge in [0.25, 0.3) is 0 Å². The zero-order chi connectivity index (χ0) is 41.4. The van der Waals surface area contributed by atoms with Gasteiger partial charge in [-0.05, 0) is 68.7 Å². The van der Waals surface area contributed by atoms with Gasteiger partial charge in [-0.3, -0.25) is 33.6 Å². The normalized spacial score (nSPS) is 28.4. The molecule has 0 bridgehead atoms. The summed E-state index contributed by atoms with van der Waals surface area (Å²) in [6, 6.07) is 8.34. The van der Waals surface area contributed by atoms with Crippen molar-refractivity contribution >= 4 is 53.0 Å². The Balaban J connectivity index is 1.49. The molecule has 3 fully saturated rings. The topological polar surface area (TPSA) is 215 Å². The number of hydrogen-bond acceptors (Lipinski definition) is 8. The lowest BCUT2D eigenvalue weighted by molar-refractivity contribution is -0.143. The summed E-state index contributed by atoms with van der Waals surface area (Å²) in [4.78, 5) is 98.3. The Morgan fingerprint density at radius 3 is 2.16 bits per heavy atom. The van der Waals surface area contributed by atoms with Crippen LogP contribution in [0.25, 0.3) is 0 Å². The predicted octanol–water partition coefficient (Wildman–Crippen LogP) is 0.895. The first-order chi connectivity index (χ1) is 27.1. The molecule has 16 heteroatoms. The van der Waals surface area contributed by atoms with Gasteiger partial charge in [-0.1, -0.05) is 74.3 Å². The fraction of sp³-hybridized carbons (Fsp3) is 0.537. The number of carbonyl (C=O) groups excluding carboxylic acids is 7. The number of aliphatic hydroxyl groups excluding tert-OH is 1. The van der Waals surface area contributed by atoms with Crippen molar-refractivity contribution in [3.05, 3.63) is 70.7 Å². The van der Waals surface area contributed by atoms with E-state index in [0.29, 0.717) is 35.4 Å². The van der Waals surface area contributed by atoms with Crippen LogP contribution in [0.4, 0.5) is 0 Å². The van der Waals surface area contributed by atoms with E-state index in [1.54, 1.807) is 54.6 Å². The number of nitrogens with one attached hydrogen (secondary N) is 6. The van der Waals surface area contributed by atoms with Crippen LogP contribution < -0.4 is 31.9 Å². The summed E-state index contributed by atoms with van der Waals surface area (Å²) in [5.41, 5.74) is 1.38. The first kappa shape index (κ1) is 43.1. The van der Waals surface area contributed by atoms with E-state index < -0.39 is 89.8 Å². The Hall–Kier alpha value is -5.02. The lowest BCUT2D eigenvalue weighted by atomic mass is 9.98. The zero-order valence-electron chi connectivity index (χ0n) is 32.8.